The van der Waals surface area contributed by atoms with Crippen molar-refractivity contribution in [1.29, 1.82) is 0 Å². The summed E-state index contributed by atoms with van der Waals surface area (Å²) in [5.41, 5.74) is -0.139. The molecule has 130 valence electrons. The number of carbonyl (C=O) groups excluding carboxylic acids is 1. The van der Waals surface area contributed by atoms with Crippen LogP contribution in [0.4, 0.5) is 5.82 Å². The Morgan fingerprint density at radius 2 is 2.33 bits per heavy atom. The zero-order valence-corrected chi connectivity index (χ0v) is 13.8. The number of ether oxygens (including phenoxy) is 1. The first-order chi connectivity index (χ1) is 11.6. The topological polar surface area (TPSA) is 91.8 Å². The molecule has 2 fully saturated rings. The molecule has 24 heavy (non-hydrogen) atoms. The summed E-state index contributed by atoms with van der Waals surface area (Å²) in [6.07, 6.45) is 4.23. The molecule has 3 rings (SSSR count). The number of hydrogen-bond donors (Lipinski definition) is 2. The average molecular weight is 333 g/mol. The van der Waals surface area contributed by atoms with Gasteiger partial charge < -0.3 is 20.1 Å². The maximum absolute atomic E-state index is 12.0. The van der Waals surface area contributed by atoms with Crippen LogP contribution in [0.2, 0.25) is 0 Å². The lowest BCUT2D eigenvalue weighted by molar-refractivity contribution is -0.149. The Labute approximate surface area is 141 Å². The Bertz CT molecular complexity index is 619. The largest absolute Gasteiger partial charge is 0.481 e. The highest BCUT2D eigenvalue weighted by molar-refractivity contribution is 5.94. The van der Waals surface area contributed by atoms with Crippen LogP contribution in [0, 0.1) is 11.3 Å². The van der Waals surface area contributed by atoms with Crippen LogP contribution in [-0.2, 0) is 9.53 Å². The summed E-state index contributed by atoms with van der Waals surface area (Å²) in [5.74, 6) is 0.0420. The minimum atomic E-state index is -0.693. The molecular weight excluding hydrogens is 310 g/mol. The van der Waals surface area contributed by atoms with Crippen molar-refractivity contribution < 1.29 is 19.4 Å². The molecule has 1 aromatic rings. The molecule has 1 saturated carbocycles. The molecule has 2 heterocycles. The molecule has 0 aromatic carbocycles. The van der Waals surface area contributed by atoms with Gasteiger partial charge in [-0.2, -0.15) is 0 Å². The summed E-state index contributed by atoms with van der Waals surface area (Å²) in [7, 11) is 1.58. The summed E-state index contributed by atoms with van der Waals surface area (Å²) in [4.78, 5) is 30.1. The van der Waals surface area contributed by atoms with Crippen molar-refractivity contribution >= 4 is 17.7 Å². The fourth-order valence-electron chi connectivity index (χ4n) is 3.89. The average Bonchev–Trinajstić information content (AvgIpc) is 3.13. The number of fused-ring (bicyclic) bond motifs is 1. The van der Waals surface area contributed by atoms with E-state index < -0.39 is 11.4 Å². The van der Waals surface area contributed by atoms with E-state index in [0.29, 0.717) is 25.3 Å². The first-order valence-corrected chi connectivity index (χ1v) is 8.28. The quantitative estimate of drug-likeness (QED) is 0.759. The van der Waals surface area contributed by atoms with Crippen molar-refractivity contribution in [3.05, 3.63) is 23.9 Å². The predicted octanol–water partition coefficient (Wildman–Crippen LogP) is 1.15. The normalized spacial score (nSPS) is 25.5. The van der Waals surface area contributed by atoms with Crippen LogP contribution in [0.3, 0.4) is 0 Å². The van der Waals surface area contributed by atoms with Gasteiger partial charge >= 0.3 is 5.97 Å². The number of hydrogen-bond acceptors (Lipinski definition) is 5. The van der Waals surface area contributed by atoms with Gasteiger partial charge in [-0.1, -0.05) is 6.42 Å². The summed E-state index contributed by atoms with van der Waals surface area (Å²) in [6.45, 7) is 2.13. The van der Waals surface area contributed by atoms with E-state index in [1.54, 1.807) is 25.4 Å². The number of amides is 1. The fourth-order valence-corrected chi connectivity index (χ4v) is 3.89. The van der Waals surface area contributed by atoms with Gasteiger partial charge in [0.1, 0.15) is 5.82 Å². The van der Waals surface area contributed by atoms with Crippen LogP contribution in [0.1, 0.15) is 29.6 Å². The lowest BCUT2D eigenvalue weighted by Gasteiger charge is -2.23. The summed E-state index contributed by atoms with van der Waals surface area (Å²) in [5, 5.41) is 12.4. The number of nitrogens with one attached hydrogen (secondary N) is 1. The van der Waals surface area contributed by atoms with Gasteiger partial charge in [0, 0.05) is 32.9 Å². The molecule has 1 amide bonds. The molecule has 0 spiro atoms. The van der Waals surface area contributed by atoms with Gasteiger partial charge in [-0.05, 0) is 30.9 Å². The minimum absolute atomic E-state index is 0.189. The Kier molecular flexibility index (Phi) is 4.71. The number of aromatic nitrogens is 1. The van der Waals surface area contributed by atoms with Crippen molar-refractivity contribution in [2.24, 2.45) is 11.3 Å². The highest BCUT2D eigenvalue weighted by Crippen LogP contribution is 2.49. The number of carbonyl (C=O) groups is 2. The van der Waals surface area contributed by atoms with Gasteiger partial charge in [-0.25, -0.2) is 4.98 Å². The van der Waals surface area contributed by atoms with Crippen molar-refractivity contribution in [2.45, 2.75) is 19.3 Å². The molecule has 0 unspecified atom stereocenters. The van der Waals surface area contributed by atoms with E-state index in [1.807, 2.05) is 4.90 Å². The number of methoxy groups -OCH3 is 1. The molecule has 2 atom stereocenters. The fraction of sp³-hybridized carbons (Fsp3) is 0.588. The van der Waals surface area contributed by atoms with Crippen molar-refractivity contribution in [1.82, 2.24) is 10.3 Å². The molecule has 2 N–H and O–H groups in total. The number of carboxylic acid groups (broad SMARTS) is 1. The number of carboxylic acids is 1. The minimum Gasteiger partial charge on any atom is -0.481 e. The first kappa shape index (κ1) is 16.7. The van der Waals surface area contributed by atoms with E-state index >= 15 is 0 Å². The molecule has 1 aliphatic carbocycles. The van der Waals surface area contributed by atoms with E-state index in [9.17, 15) is 14.7 Å². The van der Waals surface area contributed by atoms with E-state index in [0.717, 1.165) is 31.6 Å². The van der Waals surface area contributed by atoms with Gasteiger partial charge in [0.15, 0.2) is 0 Å². The standard InChI is InChI=1S/C17H23N3O4/c1-24-8-7-18-15(21)12-4-5-14(19-9-12)20-10-13-3-2-6-17(13,11-20)16(22)23/h4-5,9,13H,2-3,6-8,10-11H2,1H3,(H,18,21)(H,22,23)/t13-,17+/m0/s1. The second-order valence-electron chi connectivity index (χ2n) is 6.58. The van der Waals surface area contributed by atoms with Crippen LogP contribution in [-0.4, -0.2) is 55.3 Å². The third kappa shape index (κ3) is 2.96. The maximum atomic E-state index is 12.0. The lowest BCUT2D eigenvalue weighted by atomic mass is 9.81. The molecule has 7 heteroatoms. The summed E-state index contributed by atoms with van der Waals surface area (Å²) < 4.78 is 4.89. The lowest BCUT2D eigenvalue weighted by Crippen LogP contribution is -2.35. The molecule has 2 aliphatic rings. The number of pyridine rings is 1. The molecule has 1 aliphatic heterocycles. The second-order valence-corrected chi connectivity index (χ2v) is 6.58. The summed E-state index contributed by atoms with van der Waals surface area (Å²) >= 11 is 0. The van der Waals surface area contributed by atoms with Crippen molar-refractivity contribution in [3.63, 3.8) is 0 Å². The van der Waals surface area contributed by atoms with Gasteiger partial charge in [-0.15, -0.1) is 0 Å². The Hall–Kier alpha value is -2.15. The van der Waals surface area contributed by atoms with E-state index in [-0.39, 0.29) is 11.8 Å². The maximum Gasteiger partial charge on any atom is 0.311 e. The number of rotatable bonds is 6. The predicted molar refractivity (Wildman–Crippen MR) is 88.1 cm³/mol. The Balaban J connectivity index is 1.67. The van der Waals surface area contributed by atoms with Crippen LogP contribution in [0.5, 0.6) is 0 Å². The third-order valence-corrected chi connectivity index (χ3v) is 5.22. The van der Waals surface area contributed by atoms with Crippen LogP contribution in [0.25, 0.3) is 0 Å². The third-order valence-electron chi connectivity index (χ3n) is 5.22. The molecule has 1 aromatic heterocycles. The second kappa shape index (κ2) is 6.76. The molecule has 7 nitrogen and oxygen atoms in total. The smallest absolute Gasteiger partial charge is 0.311 e. The monoisotopic (exact) mass is 333 g/mol. The van der Waals surface area contributed by atoms with Gasteiger partial charge in [0.2, 0.25) is 0 Å². The Morgan fingerprint density at radius 1 is 1.50 bits per heavy atom. The van der Waals surface area contributed by atoms with Crippen LogP contribution in [0.15, 0.2) is 18.3 Å². The van der Waals surface area contributed by atoms with Crippen molar-refractivity contribution in [2.75, 3.05) is 38.3 Å². The SMILES string of the molecule is COCCNC(=O)c1ccc(N2C[C@@H]3CCC[C@@]3(C(=O)O)C2)nc1. The highest BCUT2D eigenvalue weighted by atomic mass is 16.5. The molecule has 0 bridgehead atoms. The number of aliphatic carboxylic acids is 1. The van der Waals surface area contributed by atoms with Gasteiger partial charge in [-0.3, -0.25) is 9.59 Å². The zero-order chi connectivity index (χ0) is 17.2. The number of nitrogens with zero attached hydrogens (tertiary/aromatic N) is 2. The number of anilines is 1. The van der Waals surface area contributed by atoms with Crippen molar-refractivity contribution in [3.8, 4) is 0 Å². The first-order valence-electron chi connectivity index (χ1n) is 8.28. The molecule has 1 saturated heterocycles. The molecular formula is C17H23N3O4. The highest BCUT2D eigenvalue weighted by Gasteiger charge is 2.55. The van der Waals surface area contributed by atoms with E-state index in [4.69, 9.17) is 4.74 Å². The summed E-state index contributed by atoms with van der Waals surface area (Å²) in [6, 6.07) is 3.52. The van der Waals surface area contributed by atoms with Gasteiger partial charge in [0.25, 0.3) is 5.91 Å². The van der Waals surface area contributed by atoms with Crippen LogP contribution < -0.4 is 10.2 Å². The van der Waals surface area contributed by atoms with E-state index in [2.05, 4.69) is 10.3 Å². The van der Waals surface area contributed by atoms with E-state index in [1.165, 1.54) is 0 Å². The Morgan fingerprint density at radius 3 is 2.96 bits per heavy atom. The van der Waals surface area contributed by atoms with Crippen LogP contribution >= 0.6 is 0 Å². The van der Waals surface area contributed by atoms with Gasteiger partial charge in [0.05, 0.1) is 17.6 Å². The molecule has 0 radical (unpaired) electrons. The zero-order valence-electron chi connectivity index (χ0n) is 13.8.